The number of aryl methyl sites for hydroxylation is 2. The number of carbonyl (C=O) groups is 1. The molecule has 1 N–H and O–H groups in total. The van der Waals surface area contributed by atoms with Crippen molar-refractivity contribution in [2.24, 2.45) is 5.92 Å². The first kappa shape index (κ1) is 19.3. The van der Waals surface area contributed by atoms with E-state index in [0.717, 1.165) is 36.5 Å². The summed E-state index contributed by atoms with van der Waals surface area (Å²) in [5, 5.41) is 11.8. The van der Waals surface area contributed by atoms with Crippen LogP contribution >= 0.6 is 0 Å². The minimum absolute atomic E-state index is 0.0168. The van der Waals surface area contributed by atoms with Crippen molar-refractivity contribution in [2.45, 2.75) is 26.7 Å². The number of aromatic nitrogens is 2. The number of carbonyl (C=O) groups excluding carboxylic acids is 1. The molecule has 0 bridgehead atoms. The van der Waals surface area contributed by atoms with Gasteiger partial charge in [-0.2, -0.15) is 0 Å². The third-order valence-corrected chi connectivity index (χ3v) is 5.17. The van der Waals surface area contributed by atoms with Gasteiger partial charge in [0.05, 0.1) is 18.2 Å². The van der Waals surface area contributed by atoms with Gasteiger partial charge in [-0.15, -0.1) is 10.2 Å². The first-order chi connectivity index (χ1) is 13.1. The molecule has 1 saturated heterocycles. The van der Waals surface area contributed by atoms with E-state index in [4.69, 9.17) is 4.74 Å². The largest absolute Gasteiger partial charge is 0.383 e. The number of nitrogens with zero attached hydrogens (tertiary/aromatic N) is 3. The molecule has 1 aromatic heterocycles. The number of benzene rings is 1. The van der Waals surface area contributed by atoms with E-state index in [1.54, 1.807) is 7.11 Å². The summed E-state index contributed by atoms with van der Waals surface area (Å²) in [6.07, 6.45) is 1.88. The summed E-state index contributed by atoms with van der Waals surface area (Å²) >= 11 is 0. The zero-order valence-corrected chi connectivity index (χ0v) is 16.4. The number of rotatable bonds is 6. The minimum atomic E-state index is -0.0168. The van der Waals surface area contributed by atoms with Crippen molar-refractivity contribution in [1.82, 2.24) is 15.5 Å². The van der Waals surface area contributed by atoms with Gasteiger partial charge in [0.25, 0.3) is 0 Å². The van der Waals surface area contributed by atoms with Gasteiger partial charge in [0.2, 0.25) is 5.91 Å². The molecule has 0 unspecified atom stereocenters. The molecule has 1 fully saturated rings. The van der Waals surface area contributed by atoms with Crippen LogP contribution in [0, 0.1) is 19.8 Å². The summed E-state index contributed by atoms with van der Waals surface area (Å²) in [5.74, 6) is 0.908. The molecule has 0 spiro atoms. The molecule has 1 aliphatic rings. The Morgan fingerprint density at radius 3 is 2.78 bits per heavy atom. The average molecular weight is 368 g/mol. The van der Waals surface area contributed by atoms with Crippen LogP contribution in [0.25, 0.3) is 11.3 Å². The normalized spacial score (nSPS) is 17.0. The van der Waals surface area contributed by atoms with Crippen molar-refractivity contribution in [3.63, 3.8) is 0 Å². The quantitative estimate of drug-likeness (QED) is 0.794. The number of hydrogen-bond donors (Lipinski definition) is 1. The van der Waals surface area contributed by atoms with E-state index < -0.39 is 0 Å². The lowest BCUT2D eigenvalue weighted by molar-refractivity contribution is -0.125. The second-order valence-electron chi connectivity index (χ2n) is 7.14. The number of ether oxygens (including phenoxy) is 1. The van der Waals surface area contributed by atoms with Crippen LogP contribution in [0.1, 0.15) is 24.0 Å². The molecular formula is C21H28N4O2. The van der Waals surface area contributed by atoms with Crippen LogP contribution in [0.2, 0.25) is 0 Å². The Balaban J connectivity index is 1.65. The maximum absolute atomic E-state index is 12.3. The summed E-state index contributed by atoms with van der Waals surface area (Å²) in [6, 6.07) is 10.3. The second-order valence-corrected chi connectivity index (χ2v) is 7.14. The van der Waals surface area contributed by atoms with Crippen LogP contribution in [-0.4, -0.2) is 49.5 Å². The van der Waals surface area contributed by atoms with Gasteiger partial charge in [0.1, 0.15) is 0 Å². The van der Waals surface area contributed by atoms with Gasteiger partial charge in [-0.1, -0.05) is 12.1 Å². The van der Waals surface area contributed by atoms with Crippen LogP contribution in [0.4, 0.5) is 5.82 Å². The van der Waals surface area contributed by atoms with Gasteiger partial charge in [-0.3, -0.25) is 4.79 Å². The maximum Gasteiger partial charge on any atom is 0.224 e. The zero-order valence-electron chi connectivity index (χ0n) is 16.4. The molecule has 2 aromatic rings. The highest BCUT2D eigenvalue weighted by Crippen LogP contribution is 2.24. The van der Waals surface area contributed by atoms with Crippen molar-refractivity contribution >= 4 is 11.7 Å². The van der Waals surface area contributed by atoms with Crippen molar-refractivity contribution < 1.29 is 9.53 Å². The van der Waals surface area contributed by atoms with Crippen molar-refractivity contribution in [2.75, 3.05) is 38.3 Å². The Morgan fingerprint density at radius 1 is 1.22 bits per heavy atom. The van der Waals surface area contributed by atoms with Crippen LogP contribution in [0.15, 0.2) is 30.3 Å². The predicted molar refractivity (Wildman–Crippen MR) is 107 cm³/mol. The van der Waals surface area contributed by atoms with Gasteiger partial charge in [0, 0.05) is 32.3 Å². The topological polar surface area (TPSA) is 67.3 Å². The molecule has 1 amide bonds. The summed E-state index contributed by atoms with van der Waals surface area (Å²) in [7, 11) is 1.63. The lowest BCUT2D eigenvalue weighted by Crippen LogP contribution is -2.44. The van der Waals surface area contributed by atoms with Gasteiger partial charge in [-0.05, 0) is 56.0 Å². The van der Waals surface area contributed by atoms with Gasteiger partial charge in [-0.25, -0.2) is 0 Å². The van der Waals surface area contributed by atoms with Crippen LogP contribution in [0.5, 0.6) is 0 Å². The summed E-state index contributed by atoms with van der Waals surface area (Å²) in [6.45, 7) is 6.87. The summed E-state index contributed by atoms with van der Waals surface area (Å²) in [5.41, 5.74) is 4.46. The fourth-order valence-electron chi connectivity index (χ4n) is 3.37. The SMILES string of the molecule is COCCNC(=O)[C@@H]1CCCN(c2ccc(-c3ccc(C)c(C)c3)nn2)C1. The Bertz CT molecular complexity index is 776. The van der Waals surface area contributed by atoms with E-state index in [-0.39, 0.29) is 11.8 Å². The van der Waals surface area contributed by atoms with E-state index >= 15 is 0 Å². The molecule has 1 aliphatic heterocycles. The highest BCUT2D eigenvalue weighted by atomic mass is 16.5. The molecule has 0 saturated carbocycles. The second kappa shape index (κ2) is 8.95. The average Bonchev–Trinajstić information content (AvgIpc) is 2.70. The zero-order chi connectivity index (χ0) is 19.2. The van der Waals surface area contributed by atoms with Crippen LogP contribution in [0.3, 0.4) is 0 Å². The first-order valence-corrected chi connectivity index (χ1v) is 9.51. The highest BCUT2D eigenvalue weighted by Gasteiger charge is 2.26. The molecule has 1 atom stereocenters. The number of amides is 1. The fraction of sp³-hybridized carbons (Fsp3) is 0.476. The lowest BCUT2D eigenvalue weighted by atomic mass is 9.97. The fourth-order valence-corrected chi connectivity index (χ4v) is 3.37. The van der Waals surface area contributed by atoms with E-state index in [9.17, 15) is 4.79 Å². The summed E-state index contributed by atoms with van der Waals surface area (Å²) < 4.78 is 4.99. The molecule has 27 heavy (non-hydrogen) atoms. The molecule has 1 aromatic carbocycles. The molecule has 144 valence electrons. The van der Waals surface area contributed by atoms with Gasteiger partial charge >= 0.3 is 0 Å². The van der Waals surface area contributed by atoms with Crippen LogP contribution in [-0.2, 0) is 9.53 Å². The lowest BCUT2D eigenvalue weighted by Gasteiger charge is -2.32. The smallest absolute Gasteiger partial charge is 0.224 e. The summed E-state index contributed by atoms with van der Waals surface area (Å²) in [4.78, 5) is 14.5. The number of nitrogens with one attached hydrogen (secondary N) is 1. The molecule has 0 aliphatic carbocycles. The molecule has 6 heteroatoms. The van der Waals surface area contributed by atoms with E-state index in [1.165, 1.54) is 11.1 Å². The van der Waals surface area contributed by atoms with E-state index in [0.29, 0.717) is 19.7 Å². The number of piperidine rings is 1. The van der Waals surface area contributed by atoms with E-state index in [2.05, 4.69) is 52.5 Å². The maximum atomic E-state index is 12.3. The van der Waals surface area contributed by atoms with Crippen molar-refractivity contribution in [3.05, 3.63) is 41.5 Å². The monoisotopic (exact) mass is 368 g/mol. The molecule has 0 radical (unpaired) electrons. The van der Waals surface area contributed by atoms with E-state index in [1.807, 2.05) is 12.1 Å². The van der Waals surface area contributed by atoms with Gasteiger partial charge < -0.3 is 15.0 Å². The van der Waals surface area contributed by atoms with Crippen molar-refractivity contribution in [3.8, 4) is 11.3 Å². The van der Waals surface area contributed by atoms with Crippen molar-refractivity contribution in [1.29, 1.82) is 0 Å². The Hall–Kier alpha value is -2.47. The third-order valence-electron chi connectivity index (χ3n) is 5.17. The third kappa shape index (κ3) is 4.83. The molecular weight excluding hydrogens is 340 g/mol. The highest BCUT2D eigenvalue weighted by molar-refractivity contribution is 5.79. The Kier molecular flexibility index (Phi) is 6.40. The molecule has 3 rings (SSSR count). The number of anilines is 1. The van der Waals surface area contributed by atoms with Gasteiger partial charge in [0.15, 0.2) is 5.82 Å². The standard InChI is InChI=1S/C21H28N4O2/c1-15-6-7-17(13-16(15)2)19-8-9-20(24-23-19)25-11-4-5-18(14-25)21(26)22-10-12-27-3/h6-9,13,18H,4-5,10-12,14H2,1-3H3,(H,22,26)/t18-/m1/s1. The minimum Gasteiger partial charge on any atom is -0.383 e. The molecule has 2 heterocycles. The first-order valence-electron chi connectivity index (χ1n) is 9.51. The number of methoxy groups -OCH3 is 1. The Labute approximate surface area is 160 Å². The number of hydrogen-bond acceptors (Lipinski definition) is 5. The molecule has 6 nitrogen and oxygen atoms in total. The predicted octanol–water partition coefficient (Wildman–Crippen LogP) is 2.74. The Morgan fingerprint density at radius 2 is 2.07 bits per heavy atom. The van der Waals surface area contributed by atoms with Crippen LogP contribution < -0.4 is 10.2 Å².